The fourth-order valence-electron chi connectivity index (χ4n) is 3.10. The molecule has 1 amide bonds. The summed E-state index contributed by atoms with van der Waals surface area (Å²) in [6.07, 6.45) is 2.27. The minimum Gasteiger partial charge on any atom is -0.468 e. The number of esters is 1. The molecule has 28 heavy (non-hydrogen) atoms. The second kappa shape index (κ2) is 8.57. The number of carbonyl (C=O) groups excluding carboxylic acids is 2. The van der Waals surface area contributed by atoms with E-state index in [1.54, 1.807) is 16.7 Å². The van der Waals surface area contributed by atoms with Gasteiger partial charge in [0, 0.05) is 24.8 Å². The number of amides is 1. The number of benzene rings is 1. The normalized spacial score (nSPS) is 19.5. The average Bonchev–Trinajstić information content (AvgIpc) is 3.51. The number of thioether (sulfide) groups is 2. The molecule has 7 nitrogen and oxygen atoms in total. The SMILES string of the molecule is COC(=O)[C@@H]1CN(C(=O)CSc2nc(C3CC3)n(-c3ccccc3)n2)CCS1. The molecule has 1 aliphatic carbocycles. The minimum atomic E-state index is -0.301. The van der Waals surface area contributed by atoms with E-state index in [1.165, 1.54) is 18.9 Å². The van der Waals surface area contributed by atoms with Crippen LogP contribution in [0.5, 0.6) is 0 Å². The first-order valence-electron chi connectivity index (χ1n) is 9.28. The van der Waals surface area contributed by atoms with Crippen molar-refractivity contribution < 1.29 is 14.3 Å². The lowest BCUT2D eigenvalue weighted by atomic mass is 10.3. The lowest BCUT2D eigenvalue weighted by molar-refractivity contribution is -0.141. The maximum absolute atomic E-state index is 12.6. The van der Waals surface area contributed by atoms with Crippen LogP contribution in [0, 0.1) is 0 Å². The summed E-state index contributed by atoms with van der Waals surface area (Å²) < 4.78 is 6.71. The summed E-state index contributed by atoms with van der Waals surface area (Å²) in [5, 5.41) is 4.95. The first kappa shape index (κ1) is 19.3. The van der Waals surface area contributed by atoms with E-state index in [-0.39, 0.29) is 22.9 Å². The van der Waals surface area contributed by atoms with Crippen molar-refractivity contribution in [2.75, 3.05) is 31.7 Å². The molecular formula is C19H22N4O3S2. The van der Waals surface area contributed by atoms with Gasteiger partial charge in [-0.3, -0.25) is 9.59 Å². The van der Waals surface area contributed by atoms with E-state index in [0.717, 1.165) is 30.1 Å². The first-order chi connectivity index (χ1) is 13.7. The summed E-state index contributed by atoms with van der Waals surface area (Å²) in [6.45, 7) is 1.05. The fourth-order valence-corrected chi connectivity index (χ4v) is 4.96. The average molecular weight is 419 g/mol. The molecule has 1 aliphatic heterocycles. The van der Waals surface area contributed by atoms with Crippen molar-refractivity contribution in [3.8, 4) is 5.69 Å². The Hall–Kier alpha value is -2.00. The van der Waals surface area contributed by atoms with E-state index < -0.39 is 0 Å². The van der Waals surface area contributed by atoms with Crippen molar-refractivity contribution in [3.05, 3.63) is 36.2 Å². The number of rotatable bonds is 6. The smallest absolute Gasteiger partial charge is 0.320 e. The van der Waals surface area contributed by atoms with E-state index in [1.807, 2.05) is 35.0 Å². The number of aromatic nitrogens is 3. The van der Waals surface area contributed by atoms with Crippen LogP contribution in [0.2, 0.25) is 0 Å². The number of hydrogen-bond donors (Lipinski definition) is 0. The Morgan fingerprint density at radius 3 is 2.79 bits per heavy atom. The van der Waals surface area contributed by atoms with Crippen molar-refractivity contribution in [1.29, 1.82) is 0 Å². The Morgan fingerprint density at radius 2 is 2.07 bits per heavy atom. The topological polar surface area (TPSA) is 77.3 Å². The Morgan fingerprint density at radius 1 is 1.29 bits per heavy atom. The summed E-state index contributed by atoms with van der Waals surface area (Å²) in [5.41, 5.74) is 0.990. The third kappa shape index (κ3) is 4.35. The molecule has 2 aromatic rings. The van der Waals surface area contributed by atoms with Crippen molar-refractivity contribution >= 4 is 35.4 Å². The van der Waals surface area contributed by atoms with Crippen LogP contribution in [-0.4, -0.2) is 68.5 Å². The summed E-state index contributed by atoms with van der Waals surface area (Å²) in [5.74, 6) is 2.17. The Bertz CT molecular complexity index is 854. The quantitative estimate of drug-likeness (QED) is 0.526. The number of nitrogens with zero attached hydrogens (tertiary/aromatic N) is 4. The molecule has 0 spiro atoms. The summed E-state index contributed by atoms with van der Waals surface area (Å²) in [7, 11) is 1.38. The molecule has 1 saturated carbocycles. The highest BCUT2D eigenvalue weighted by molar-refractivity contribution is 8.00. The van der Waals surface area contributed by atoms with Gasteiger partial charge in [0.2, 0.25) is 11.1 Å². The number of carbonyl (C=O) groups is 2. The van der Waals surface area contributed by atoms with Crippen molar-refractivity contribution in [2.24, 2.45) is 0 Å². The molecule has 2 fully saturated rings. The monoisotopic (exact) mass is 418 g/mol. The maximum atomic E-state index is 12.6. The Kier molecular flexibility index (Phi) is 5.91. The summed E-state index contributed by atoms with van der Waals surface area (Å²) >= 11 is 2.90. The van der Waals surface area contributed by atoms with Crippen molar-refractivity contribution in [3.63, 3.8) is 0 Å². The predicted molar refractivity (Wildman–Crippen MR) is 109 cm³/mol. The lowest BCUT2D eigenvalue weighted by Crippen LogP contribution is -2.45. The number of ether oxygens (including phenoxy) is 1. The largest absolute Gasteiger partial charge is 0.468 e. The van der Waals surface area contributed by atoms with E-state index in [4.69, 9.17) is 4.74 Å². The zero-order chi connectivity index (χ0) is 19.5. The van der Waals surface area contributed by atoms with Crippen molar-refractivity contribution in [1.82, 2.24) is 19.7 Å². The van der Waals surface area contributed by atoms with Crippen LogP contribution >= 0.6 is 23.5 Å². The predicted octanol–water partition coefficient (Wildman–Crippen LogP) is 2.35. The van der Waals surface area contributed by atoms with Crippen molar-refractivity contribution in [2.45, 2.75) is 29.2 Å². The second-order valence-electron chi connectivity index (χ2n) is 6.79. The van der Waals surface area contributed by atoms with Gasteiger partial charge in [-0.15, -0.1) is 16.9 Å². The number of hydrogen-bond acceptors (Lipinski definition) is 7. The van der Waals surface area contributed by atoms with Gasteiger partial charge in [-0.25, -0.2) is 9.67 Å². The molecule has 0 N–H and O–H groups in total. The Labute approximate surface area is 172 Å². The molecule has 9 heteroatoms. The van der Waals surface area contributed by atoms with Gasteiger partial charge in [-0.1, -0.05) is 30.0 Å². The number of methoxy groups -OCH3 is 1. The van der Waals surface area contributed by atoms with Gasteiger partial charge < -0.3 is 9.64 Å². The first-order valence-corrected chi connectivity index (χ1v) is 11.3. The van der Waals surface area contributed by atoms with Crippen LogP contribution in [0.25, 0.3) is 5.69 Å². The van der Waals surface area contributed by atoms with Gasteiger partial charge >= 0.3 is 5.97 Å². The van der Waals surface area contributed by atoms with E-state index in [9.17, 15) is 9.59 Å². The summed E-state index contributed by atoms with van der Waals surface area (Å²) in [6, 6.07) is 9.97. The van der Waals surface area contributed by atoms with Gasteiger partial charge in [0.25, 0.3) is 0 Å². The lowest BCUT2D eigenvalue weighted by Gasteiger charge is -2.30. The molecule has 0 radical (unpaired) electrons. The van der Waals surface area contributed by atoms with E-state index in [0.29, 0.717) is 24.2 Å². The molecule has 1 aromatic heterocycles. The van der Waals surface area contributed by atoms with Crippen LogP contribution < -0.4 is 0 Å². The van der Waals surface area contributed by atoms with Crippen LogP contribution in [-0.2, 0) is 14.3 Å². The molecule has 1 aromatic carbocycles. The highest BCUT2D eigenvalue weighted by atomic mass is 32.2. The summed E-state index contributed by atoms with van der Waals surface area (Å²) in [4.78, 5) is 30.8. The van der Waals surface area contributed by atoms with Crippen LogP contribution in [0.4, 0.5) is 0 Å². The van der Waals surface area contributed by atoms with Crippen LogP contribution in [0.15, 0.2) is 35.5 Å². The molecule has 4 rings (SSSR count). The second-order valence-corrected chi connectivity index (χ2v) is 9.04. The van der Waals surface area contributed by atoms with Gasteiger partial charge in [-0.05, 0) is 25.0 Å². The Balaban J connectivity index is 1.41. The van der Waals surface area contributed by atoms with Gasteiger partial charge in [0.1, 0.15) is 11.1 Å². The molecule has 1 atom stereocenters. The van der Waals surface area contributed by atoms with Gasteiger partial charge in [0.15, 0.2) is 0 Å². The zero-order valence-corrected chi connectivity index (χ0v) is 17.2. The van der Waals surface area contributed by atoms with Crippen LogP contribution in [0.3, 0.4) is 0 Å². The van der Waals surface area contributed by atoms with Gasteiger partial charge in [0.05, 0.1) is 18.6 Å². The van der Waals surface area contributed by atoms with Crippen LogP contribution in [0.1, 0.15) is 24.6 Å². The zero-order valence-electron chi connectivity index (χ0n) is 15.6. The molecule has 0 bridgehead atoms. The highest BCUT2D eigenvalue weighted by Crippen LogP contribution is 2.40. The molecular weight excluding hydrogens is 396 g/mol. The van der Waals surface area contributed by atoms with Gasteiger partial charge in [-0.2, -0.15) is 0 Å². The molecule has 1 saturated heterocycles. The third-order valence-electron chi connectivity index (χ3n) is 4.76. The molecule has 0 unspecified atom stereocenters. The standard InChI is InChI=1S/C19H22N4O3S2/c1-26-18(25)15-11-22(9-10-27-15)16(24)12-28-19-20-17(13-7-8-13)23(21-19)14-5-3-2-4-6-14/h2-6,13,15H,7-12H2,1H3/t15-/m0/s1. The number of para-hydroxylation sites is 1. The van der Waals surface area contributed by atoms with E-state index in [2.05, 4.69) is 10.1 Å². The molecule has 2 heterocycles. The molecule has 2 aliphatic rings. The highest BCUT2D eigenvalue weighted by Gasteiger charge is 2.32. The maximum Gasteiger partial charge on any atom is 0.320 e. The molecule has 148 valence electrons. The van der Waals surface area contributed by atoms with E-state index >= 15 is 0 Å². The minimum absolute atomic E-state index is 0.00300. The fraction of sp³-hybridized carbons (Fsp3) is 0.474. The third-order valence-corrected chi connectivity index (χ3v) is 6.75.